The maximum atomic E-state index is 10.7. The highest BCUT2D eigenvalue weighted by Crippen LogP contribution is 1.98. The van der Waals surface area contributed by atoms with Crippen molar-refractivity contribution in [2.24, 2.45) is 5.73 Å². The number of rotatable bonds is 9. The zero-order valence-electron chi connectivity index (χ0n) is 8.96. The van der Waals surface area contributed by atoms with Gasteiger partial charge < -0.3 is 16.2 Å². The van der Waals surface area contributed by atoms with Crippen molar-refractivity contribution in [1.82, 2.24) is 5.32 Å². The van der Waals surface area contributed by atoms with Crippen molar-refractivity contribution in [3.8, 4) is 0 Å². The van der Waals surface area contributed by atoms with Gasteiger partial charge in [0, 0.05) is 0 Å². The SMILES string of the molecule is CCCCCCN[C@@H](CCN)C(=O)O. The Balaban J connectivity index is 3.46. The second kappa shape index (κ2) is 8.97. The minimum absolute atomic E-state index is 0.416. The Morgan fingerprint density at radius 2 is 2.14 bits per heavy atom. The first-order chi connectivity index (χ1) is 6.72. The number of carbonyl (C=O) groups is 1. The van der Waals surface area contributed by atoms with E-state index in [0.717, 1.165) is 13.0 Å². The minimum atomic E-state index is -0.800. The molecule has 0 spiro atoms. The standard InChI is InChI=1S/C10H22N2O2/c1-2-3-4-5-8-12-9(6-7-11)10(13)14/h9,12H,2-8,11H2,1H3,(H,13,14)/t9-/m0/s1. The molecule has 0 heterocycles. The van der Waals surface area contributed by atoms with E-state index in [1.54, 1.807) is 0 Å². The molecular weight excluding hydrogens is 180 g/mol. The average molecular weight is 202 g/mol. The lowest BCUT2D eigenvalue weighted by Crippen LogP contribution is -2.38. The van der Waals surface area contributed by atoms with Gasteiger partial charge in [-0.25, -0.2) is 0 Å². The Morgan fingerprint density at radius 1 is 1.43 bits per heavy atom. The van der Waals surface area contributed by atoms with Crippen molar-refractivity contribution in [2.75, 3.05) is 13.1 Å². The molecule has 0 bridgehead atoms. The van der Waals surface area contributed by atoms with Crippen LogP contribution in [0.1, 0.15) is 39.0 Å². The first-order valence-corrected chi connectivity index (χ1v) is 5.38. The molecule has 0 aliphatic heterocycles. The lowest BCUT2D eigenvalue weighted by atomic mass is 10.1. The number of unbranched alkanes of at least 4 members (excludes halogenated alkanes) is 3. The van der Waals surface area contributed by atoms with Gasteiger partial charge in [-0.05, 0) is 25.9 Å². The molecule has 0 rings (SSSR count). The van der Waals surface area contributed by atoms with Gasteiger partial charge in [0.2, 0.25) is 0 Å². The number of nitrogens with two attached hydrogens (primary N) is 1. The summed E-state index contributed by atoms with van der Waals surface area (Å²) in [5, 5.41) is 11.8. The van der Waals surface area contributed by atoms with Crippen LogP contribution in [0.15, 0.2) is 0 Å². The third-order valence-corrected chi connectivity index (χ3v) is 2.17. The predicted molar refractivity (Wildman–Crippen MR) is 57.2 cm³/mol. The molecule has 14 heavy (non-hydrogen) atoms. The van der Waals surface area contributed by atoms with Crippen LogP contribution in [0.2, 0.25) is 0 Å². The lowest BCUT2D eigenvalue weighted by Gasteiger charge is -2.12. The molecule has 0 aliphatic rings. The molecule has 0 fully saturated rings. The molecule has 4 nitrogen and oxygen atoms in total. The van der Waals surface area contributed by atoms with E-state index in [1.165, 1.54) is 19.3 Å². The van der Waals surface area contributed by atoms with E-state index in [2.05, 4.69) is 12.2 Å². The molecule has 0 aliphatic carbocycles. The van der Waals surface area contributed by atoms with Crippen LogP contribution < -0.4 is 11.1 Å². The molecule has 0 aromatic carbocycles. The molecule has 0 unspecified atom stereocenters. The summed E-state index contributed by atoms with van der Waals surface area (Å²) >= 11 is 0. The summed E-state index contributed by atoms with van der Waals surface area (Å²) in [7, 11) is 0. The van der Waals surface area contributed by atoms with E-state index in [4.69, 9.17) is 10.8 Å². The maximum Gasteiger partial charge on any atom is 0.320 e. The van der Waals surface area contributed by atoms with Gasteiger partial charge in [0.1, 0.15) is 6.04 Å². The van der Waals surface area contributed by atoms with E-state index in [1.807, 2.05) is 0 Å². The van der Waals surface area contributed by atoms with Crippen LogP contribution >= 0.6 is 0 Å². The fourth-order valence-electron chi connectivity index (χ4n) is 1.31. The summed E-state index contributed by atoms with van der Waals surface area (Å²) in [5.41, 5.74) is 5.32. The maximum absolute atomic E-state index is 10.7. The van der Waals surface area contributed by atoms with Gasteiger partial charge >= 0.3 is 5.97 Å². The molecule has 0 aromatic heterocycles. The molecule has 0 aromatic rings. The summed E-state index contributed by atoms with van der Waals surface area (Å²) in [6.45, 7) is 3.35. The van der Waals surface area contributed by atoms with Crippen molar-refractivity contribution >= 4 is 5.97 Å². The lowest BCUT2D eigenvalue weighted by molar-refractivity contribution is -0.139. The first kappa shape index (κ1) is 13.4. The van der Waals surface area contributed by atoms with Crippen molar-refractivity contribution in [3.63, 3.8) is 0 Å². The molecule has 84 valence electrons. The third-order valence-electron chi connectivity index (χ3n) is 2.17. The fraction of sp³-hybridized carbons (Fsp3) is 0.900. The zero-order valence-corrected chi connectivity index (χ0v) is 8.96. The monoisotopic (exact) mass is 202 g/mol. The van der Waals surface area contributed by atoms with Crippen LogP contribution in [-0.2, 0) is 4.79 Å². The van der Waals surface area contributed by atoms with E-state index < -0.39 is 12.0 Å². The average Bonchev–Trinajstić information content (AvgIpc) is 2.15. The van der Waals surface area contributed by atoms with Gasteiger partial charge in [0.25, 0.3) is 0 Å². The molecule has 1 atom stereocenters. The van der Waals surface area contributed by atoms with Crippen molar-refractivity contribution < 1.29 is 9.90 Å². The van der Waals surface area contributed by atoms with E-state index in [9.17, 15) is 4.79 Å². The number of carboxylic acids is 1. The van der Waals surface area contributed by atoms with Crippen LogP contribution in [0, 0.1) is 0 Å². The molecule has 4 heteroatoms. The smallest absolute Gasteiger partial charge is 0.320 e. The Hall–Kier alpha value is -0.610. The minimum Gasteiger partial charge on any atom is -0.480 e. The Labute approximate surface area is 85.9 Å². The highest BCUT2D eigenvalue weighted by Gasteiger charge is 2.14. The van der Waals surface area contributed by atoms with Gasteiger partial charge in [-0.1, -0.05) is 26.2 Å². The number of hydrogen-bond donors (Lipinski definition) is 3. The summed E-state index contributed by atoms with van der Waals surface area (Å²) in [6, 6.07) is -0.471. The number of aliphatic carboxylic acids is 1. The van der Waals surface area contributed by atoms with Crippen LogP contribution in [0.3, 0.4) is 0 Å². The van der Waals surface area contributed by atoms with Gasteiger partial charge in [-0.2, -0.15) is 0 Å². The van der Waals surface area contributed by atoms with Gasteiger partial charge in [-0.15, -0.1) is 0 Å². The second-order valence-corrected chi connectivity index (χ2v) is 3.48. The van der Waals surface area contributed by atoms with Crippen LogP contribution in [0.25, 0.3) is 0 Å². The van der Waals surface area contributed by atoms with Crippen molar-refractivity contribution in [3.05, 3.63) is 0 Å². The van der Waals surface area contributed by atoms with Crippen molar-refractivity contribution in [2.45, 2.75) is 45.1 Å². The Bertz CT molecular complexity index is 151. The molecule has 0 amide bonds. The Kier molecular flexibility index (Phi) is 8.57. The zero-order chi connectivity index (χ0) is 10.8. The van der Waals surface area contributed by atoms with Gasteiger partial charge in [0.15, 0.2) is 0 Å². The van der Waals surface area contributed by atoms with E-state index >= 15 is 0 Å². The third kappa shape index (κ3) is 6.86. The largest absolute Gasteiger partial charge is 0.480 e. The van der Waals surface area contributed by atoms with Gasteiger partial charge in [0.05, 0.1) is 0 Å². The normalized spacial score (nSPS) is 12.7. The quantitative estimate of drug-likeness (QED) is 0.487. The molecule has 0 saturated heterocycles. The number of nitrogens with one attached hydrogen (secondary N) is 1. The fourth-order valence-corrected chi connectivity index (χ4v) is 1.31. The number of carboxylic acid groups (broad SMARTS) is 1. The summed E-state index contributed by atoms with van der Waals surface area (Å²) in [6.07, 6.45) is 5.13. The Morgan fingerprint density at radius 3 is 2.64 bits per heavy atom. The summed E-state index contributed by atoms with van der Waals surface area (Å²) < 4.78 is 0. The number of hydrogen-bond acceptors (Lipinski definition) is 3. The topological polar surface area (TPSA) is 75.3 Å². The summed E-state index contributed by atoms with van der Waals surface area (Å²) in [5.74, 6) is -0.800. The molecule has 0 saturated carbocycles. The highest BCUT2D eigenvalue weighted by atomic mass is 16.4. The molecule has 4 N–H and O–H groups in total. The van der Waals surface area contributed by atoms with Gasteiger partial charge in [-0.3, -0.25) is 4.79 Å². The van der Waals surface area contributed by atoms with Crippen LogP contribution in [-0.4, -0.2) is 30.2 Å². The summed E-state index contributed by atoms with van der Waals surface area (Å²) in [4.78, 5) is 10.7. The second-order valence-electron chi connectivity index (χ2n) is 3.48. The van der Waals surface area contributed by atoms with Crippen LogP contribution in [0.4, 0.5) is 0 Å². The first-order valence-electron chi connectivity index (χ1n) is 5.38. The van der Waals surface area contributed by atoms with Crippen molar-refractivity contribution in [1.29, 1.82) is 0 Å². The molecule has 0 radical (unpaired) electrons. The molecular formula is C10H22N2O2. The van der Waals surface area contributed by atoms with Crippen LogP contribution in [0.5, 0.6) is 0 Å². The van der Waals surface area contributed by atoms with E-state index in [-0.39, 0.29) is 0 Å². The predicted octanol–water partition coefficient (Wildman–Crippen LogP) is 0.958. The highest BCUT2D eigenvalue weighted by molar-refractivity contribution is 5.73. The van der Waals surface area contributed by atoms with E-state index in [0.29, 0.717) is 13.0 Å².